The number of nitrogens with zero attached hydrogens (tertiary/aromatic N) is 2. The van der Waals surface area contributed by atoms with Gasteiger partial charge in [-0.2, -0.15) is 8.42 Å². The van der Waals surface area contributed by atoms with Crippen molar-refractivity contribution in [3.63, 3.8) is 0 Å². The number of hydrogen-bond acceptors (Lipinski definition) is 2. The van der Waals surface area contributed by atoms with E-state index in [2.05, 4.69) is 8.80 Å². The molecule has 0 saturated carbocycles. The summed E-state index contributed by atoms with van der Waals surface area (Å²) in [6, 6.07) is 0. The summed E-state index contributed by atoms with van der Waals surface area (Å²) in [5.41, 5.74) is 1.09. The minimum Gasteiger partial charge on any atom is -0.179 e. The molecule has 11 heavy (non-hydrogen) atoms. The summed E-state index contributed by atoms with van der Waals surface area (Å²) in [6.45, 7) is 5.43. The Hall–Kier alpha value is -0.710. The van der Waals surface area contributed by atoms with Crippen LogP contribution >= 0.6 is 0 Å². The predicted octanol–water partition coefficient (Wildman–Crippen LogP) is 0.803. The van der Waals surface area contributed by atoms with Crippen LogP contribution in [0.2, 0.25) is 0 Å². The summed E-state index contributed by atoms with van der Waals surface area (Å²) >= 11 is 0. The summed E-state index contributed by atoms with van der Waals surface area (Å²) in [5, 5.41) is 0. The van der Waals surface area contributed by atoms with Gasteiger partial charge in [-0.05, 0) is 12.8 Å². The second kappa shape index (κ2) is 2.41. The molecule has 0 fully saturated rings. The van der Waals surface area contributed by atoms with Crippen LogP contribution in [-0.4, -0.2) is 19.8 Å². The lowest BCUT2D eigenvalue weighted by Gasteiger charge is -2.00. The highest BCUT2D eigenvalue weighted by atomic mass is 32.2. The Labute approximate surface area is 66.2 Å². The summed E-state index contributed by atoms with van der Waals surface area (Å²) < 4.78 is 28.5. The number of rotatable bonds is 1. The Morgan fingerprint density at radius 1 is 1.27 bits per heavy atom. The Balaban J connectivity index is 3.14. The van der Waals surface area contributed by atoms with Crippen LogP contribution in [-0.2, 0) is 10.2 Å². The van der Waals surface area contributed by atoms with Gasteiger partial charge in [-0.15, -0.1) is 8.80 Å². The lowest BCUT2D eigenvalue weighted by atomic mass is 10.1. The van der Waals surface area contributed by atoms with Crippen LogP contribution in [0.4, 0.5) is 0 Å². The van der Waals surface area contributed by atoms with Crippen LogP contribution in [0.1, 0.15) is 20.8 Å². The molecule has 0 atom stereocenters. The second-order valence-corrected chi connectivity index (χ2v) is 4.02. The molecule has 0 radical (unpaired) electrons. The molecule has 62 valence electrons. The second-order valence-electron chi connectivity index (χ2n) is 2.76. The van der Waals surface area contributed by atoms with E-state index >= 15 is 0 Å². The molecule has 0 bridgehead atoms. The van der Waals surface area contributed by atoms with Crippen LogP contribution in [0.25, 0.3) is 0 Å². The van der Waals surface area contributed by atoms with Crippen molar-refractivity contribution in [1.82, 2.24) is 0 Å². The lowest BCUT2D eigenvalue weighted by molar-refractivity contribution is 0.600. The highest BCUT2D eigenvalue weighted by molar-refractivity contribution is 7.89. The molecule has 0 aliphatic carbocycles. The van der Waals surface area contributed by atoms with Crippen LogP contribution in [0.15, 0.2) is 8.80 Å². The van der Waals surface area contributed by atoms with Crippen molar-refractivity contribution in [3.05, 3.63) is 0 Å². The van der Waals surface area contributed by atoms with Crippen molar-refractivity contribution in [2.75, 3.05) is 0 Å². The lowest BCUT2D eigenvalue weighted by Crippen LogP contribution is -2.13. The summed E-state index contributed by atoms with van der Waals surface area (Å²) in [5.74, 6) is 0.121. The standard InChI is InChI=1S/C6H10N2O2S/c1-4(2)6-5(3)7-11(9,10)8-6/h4H,1-3H3. The van der Waals surface area contributed by atoms with Gasteiger partial charge in [-0.3, -0.25) is 0 Å². The van der Waals surface area contributed by atoms with E-state index in [0.29, 0.717) is 11.4 Å². The first-order chi connectivity index (χ1) is 4.92. The van der Waals surface area contributed by atoms with Gasteiger partial charge in [-0.25, -0.2) is 0 Å². The van der Waals surface area contributed by atoms with Gasteiger partial charge in [0.15, 0.2) is 0 Å². The molecule has 0 aromatic heterocycles. The maximum Gasteiger partial charge on any atom is 0.363 e. The molecule has 1 rings (SSSR count). The van der Waals surface area contributed by atoms with E-state index in [0.717, 1.165) is 0 Å². The van der Waals surface area contributed by atoms with Gasteiger partial charge in [0, 0.05) is 0 Å². The van der Waals surface area contributed by atoms with E-state index < -0.39 is 10.2 Å². The van der Waals surface area contributed by atoms with E-state index in [-0.39, 0.29) is 5.92 Å². The fourth-order valence-electron chi connectivity index (χ4n) is 0.954. The molecule has 1 heterocycles. The van der Waals surface area contributed by atoms with E-state index in [4.69, 9.17) is 0 Å². The van der Waals surface area contributed by atoms with Gasteiger partial charge in [0.1, 0.15) is 0 Å². The minimum atomic E-state index is -3.51. The Morgan fingerprint density at radius 3 is 2.00 bits per heavy atom. The summed E-state index contributed by atoms with van der Waals surface area (Å²) in [6.07, 6.45) is 0. The van der Waals surface area contributed by atoms with Gasteiger partial charge >= 0.3 is 10.2 Å². The smallest absolute Gasteiger partial charge is 0.179 e. The molecule has 0 aromatic carbocycles. The minimum absolute atomic E-state index is 0.121. The third-order valence-electron chi connectivity index (χ3n) is 1.38. The van der Waals surface area contributed by atoms with Crippen molar-refractivity contribution >= 4 is 21.6 Å². The molecular formula is C6H10N2O2S. The van der Waals surface area contributed by atoms with E-state index in [1.807, 2.05) is 13.8 Å². The van der Waals surface area contributed by atoms with E-state index in [9.17, 15) is 8.42 Å². The molecule has 0 amide bonds. The van der Waals surface area contributed by atoms with Crippen molar-refractivity contribution in [2.24, 2.45) is 14.7 Å². The highest BCUT2D eigenvalue weighted by Crippen LogP contribution is 2.12. The Morgan fingerprint density at radius 2 is 1.82 bits per heavy atom. The molecule has 0 unspecified atom stereocenters. The molecule has 0 saturated heterocycles. The molecule has 4 nitrogen and oxygen atoms in total. The van der Waals surface area contributed by atoms with Gasteiger partial charge < -0.3 is 0 Å². The Bertz CT molecular complexity index is 324. The SMILES string of the molecule is CC1=NS(=O)(=O)N=C1C(C)C. The fraction of sp³-hybridized carbons (Fsp3) is 0.667. The average molecular weight is 174 g/mol. The largest absolute Gasteiger partial charge is 0.363 e. The first-order valence-electron chi connectivity index (χ1n) is 3.34. The molecule has 1 aliphatic rings. The van der Waals surface area contributed by atoms with Gasteiger partial charge in [-0.1, -0.05) is 13.8 Å². The number of hydrogen-bond donors (Lipinski definition) is 0. The van der Waals surface area contributed by atoms with Crippen LogP contribution in [0.5, 0.6) is 0 Å². The molecule has 0 N–H and O–H groups in total. The van der Waals surface area contributed by atoms with Gasteiger partial charge in [0.2, 0.25) is 0 Å². The topological polar surface area (TPSA) is 58.9 Å². The highest BCUT2D eigenvalue weighted by Gasteiger charge is 2.22. The third kappa shape index (κ3) is 1.65. The van der Waals surface area contributed by atoms with Crippen molar-refractivity contribution in [3.8, 4) is 0 Å². The van der Waals surface area contributed by atoms with Crippen molar-refractivity contribution in [2.45, 2.75) is 20.8 Å². The zero-order valence-corrected chi connectivity index (χ0v) is 7.51. The quantitative estimate of drug-likeness (QED) is 0.590. The zero-order valence-electron chi connectivity index (χ0n) is 6.70. The van der Waals surface area contributed by atoms with E-state index in [1.54, 1.807) is 6.92 Å². The maximum absolute atomic E-state index is 10.8. The maximum atomic E-state index is 10.8. The average Bonchev–Trinajstić information content (AvgIpc) is 2.05. The monoisotopic (exact) mass is 174 g/mol. The van der Waals surface area contributed by atoms with Crippen LogP contribution in [0.3, 0.4) is 0 Å². The zero-order chi connectivity index (χ0) is 8.65. The predicted molar refractivity (Wildman–Crippen MR) is 44.3 cm³/mol. The third-order valence-corrected chi connectivity index (χ3v) is 2.32. The van der Waals surface area contributed by atoms with Gasteiger partial charge in [0.25, 0.3) is 0 Å². The summed E-state index contributed by atoms with van der Waals surface area (Å²) in [7, 11) is -3.51. The van der Waals surface area contributed by atoms with Crippen LogP contribution in [0, 0.1) is 5.92 Å². The summed E-state index contributed by atoms with van der Waals surface area (Å²) in [4.78, 5) is 0. The van der Waals surface area contributed by atoms with Gasteiger partial charge in [0.05, 0.1) is 11.4 Å². The Kier molecular flexibility index (Phi) is 1.83. The van der Waals surface area contributed by atoms with Crippen LogP contribution < -0.4 is 0 Å². The molecule has 5 heteroatoms. The fourth-order valence-corrected chi connectivity index (χ4v) is 2.03. The molecule has 0 aromatic rings. The first kappa shape index (κ1) is 8.39. The normalized spacial score (nSPS) is 21.8. The van der Waals surface area contributed by atoms with E-state index in [1.165, 1.54) is 0 Å². The van der Waals surface area contributed by atoms with Crippen molar-refractivity contribution < 1.29 is 8.42 Å². The molecule has 1 aliphatic heterocycles. The molecule has 0 spiro atoms. The molecular weight excluding hydrogens is 164 g/mol. The van der Waals surface area contributed by atoms with Crippen molar-refractivity contribution in [1.29, 1.82) is 0 Å². The first-order valence-corrected chi connectivity index (χ1v) is 4.74.